The number of rotatable bonds is 6. The number of hydrogen-bond acceptors (Lipinski definition) is 2. The van der Waals surface area contributed by atoms with Gasteiger partial charge in [0.25, 0.3) is 0 Å². The van der Waals surface area contributed by atoms with Crippen LogP contribution in [0.2, 0.25) is 26.2 Å². The van der Waals surface area contributed by atoms with E-state index >= 15 is 0 Å². The van der Waals surface area contributed by atoms with Crippen LogP contribution in [0.1, 0.15) is 55.4 Å². The van der Waals surface area contributed by atoms with Crippen LogP contribution in [0.5, 0.6) is 0 Å². The van der Waals surface area contributed by atoms with Gasteiger partial charge in [-0.2, -0.15) is 0 Å². The van der Waals surface area contributed by atoms with Gasteiger partial charge in [0.1, 0.15) is 0 Å². The van der Waals surface area contributed by atoms with Crippen LogP contribution in [0.25, 0.3) is 0 Å². The summed E-state index contributed by atoms with van der Waals surface area (Å²) in [5, 5.41) is 3.29. The molecule has 152 valence electrons. The summed E-state index contributed by atoms with van der Waals surface area (Å²) in [6.45, 7) is 29.4. The normalized spacial score (nSPS) is 24.9. The average molecular weight is 403 g/mol. The second kappa shape index (κ2) is 7.62. The molecular weight excluding hydrogens is 360 g/mol. The number of nitrogens with one attached hydrogen (secondary N) is 2. The van der Waals surface area contributed by atoms with E-state index in [9.17, 15) is 0 Å². The molecule has 0 saturated carbocycles. The third kappa shape index (κ3) is 3.91. The first kappa shape index (κ1) is 22.6. The highest BCUT2D eigenvalue weighted by atomic mass is 28.3. The van der Waals surface area contributed by atoms with Crippen molar-refractivity contribution in [2.75, 3.05) is 6.67 Å². The van der Waals surface area contributed by atoms with Gasteiger partial charge in [0.15, 0.2) is 16.5 Å². The molecule has 0 heterocycles. The van der Waals surface area contributed by atoms with E-state index in [0.29, 0.717) is 11.8 Å². The van der Waals surface area contributed by atoms with Gasteiger partial charge in [0.05, 0.1) is 0 Å². The lowest BCUT2D eigenvalue weighted by Crippen LogP contribution is -2.57. The molecule has 2 rings (SSSR count). The molecule has 0 aromatic carbocycles. The molecule has 2 atom stereocenters. The van der Waals surface area contributed by atoms with Gasteiger partial charge < -0.3 is 9.96 Å². The smallest absolute Gasteiger partial charge is 0.152 e. The fourth-order valence-corrected chi connectivity index (χ4v) is 11.6. The van der Waals surface area contributed by atoms with E-state index in [1.807, 2.05) is 0 Å². The van der Waals surface area contributed by atoms with Crippen molar-refractivity contribution >= 4 is 16.5 Å². The van der Waals surface area contributed by atoms with Crippen LogP contribution in [-0.4, -0.2) is 23.1 Å². The lowest BCUT2D eigenvalue weighted by molar-refractivity contribution is 0.809. The Hall–Kier alpha value is -0.686. The molecule has 27 heavy (non-hydrogen) atoms. The third-order valence-electron chi connectivity index (χ3n) is 7.63. The summed E-state index contributed by atoms with van der Waals surface area (Å²) in [5.74, 6) is 1.21. The van der Waals surface area contributed by atoms with Crippen LogP contribution < -0.4 is 9.96 Å². The predicted molar refractivity (Wildman–Crippen MR) is 127 cm³/mol. The highest BCUT2D eigenvalue weighted by molar-refractivity contribution is 6.84. The van der Waals surface area contributed by atoms with Crippen LogP contribution in [0.3, 0.4) is 0 Å². The first-order valence-corrected chi connectivity index (χ1v) is 16.5. The van der Waals surface area contributed by atoms with E-state index in [4.69, 9.17) is 0 Å². The second-order valence-corrected chi connectivity index (χ2v) is 18.2. The van der Waals surface area contributed by atoms with Crippen LogP contribution in [0.15, 0.2) is 43.8 Å². The van der Waals surface area contributed by atoms with Crippen LogP contribution in [0, 0.1) is 11.8 Å². The molecule has 0 aromatic rings. The van der Waals surface area contributed by atoms with Gasteiger partial charge in [-0.3, -0.25) is 0 Å². The van der Waals surface area contributed by atoms with Crippen molar-refractivity contribution in [1.82, 2.24) is 9.96 Å². The van der Waals surface area contributed by atoms with E-state index in [-0.39, 0.29) is 0 Å². The zero-order valence-corrected chi connectivity index (χ0v) is 21.9. The molecule has 0 bridgehead atoms. The molecule has 2 nitrogen and oxygen atoms in total. The quantitative estimate of drug-likeness (QED) is 0.407. The highest BCUT2D eigenvalue weighted by Crippen LogP contribution is 2.41. The minimum absolute atomic E-state index is 0.607. The maximum atomic E-state index is 3.97. The van der Waals surface area contributed by atoms with Gasteiger partial charge >= 0.3 is 0 Å². The van der Waals surface area contributed by atoms with Gasteiger partial charge in [-0.25, -0.2) is 0 Å². The Morgan fingerprint density at radius 3 is 1.11 bits per heavy atom. The van der Waals surface area contributed by atoms with Crippen molar-refractivity contribution in [2.45, 2.75) is 81.6 Å². The zero-order chi connectivity index (χ0) is 20.9. The molecule has 0 saturated heterocycles. The van der Waals surface area contributed by atoms with Gasteiger partial charge in [0.2, 0.25) is 0 Å². The van der Waals surface area contributed by atoms with Crippen molar-refractivity contribution in [3.63, 3.8) is 0 Å². The SMILES string of the molecule is CC1=C(C)C(C)C(C)=C1[Si](C)(C)NCN[Si](C)(C)C1=C(C)C(C)C(C)=C1C. The second-order valence-electron chi connectivity index (χ2n) is 9.96. The standard InChI is InChI=1S/C23H42N2Si2/c1-14-15(2)19(6)22(18(14)5)26(9,10)24-13-25-27(11,12)23-20(7)16(3)17(4)21(23)8/h14,16,24-25H,13H2,1-12H3. The van der Waals surface area contributed by atoms with Crippen molar-refractivity contribution in [1.29, 1.82) is 0 Å². The lowest BCUT2D eigenvalue weighted by Gasteiger charge is -2.33. The average Bonchev–Trinajstić information content (AvgIpc) is 2.87. The minimum Gasteiger partial charge on any atom is -0.322 e. The Bertz CT molecular complexity index is 699. The first-order valence-electron chi connectivity index (χ1n) is 10.5. The summed E-state index contributed by atoms with van der Waals surface area (Å²) in [4.78, 5) is 7.93. The molecule has 2 aliphatic rings. The van der Waals surface area contributed by atoms with Gasteiger partial charge in [-0.1, -0.05) is 73.5 Å². The summed E-state index contributed by atoms with van der Waals surface area (Å²) in [5.41, 5.74) is 9.37. The third-order valence-corrected chi connectivity index (χ3v) is 13.8. The monoisotopic (exact) mass is 402 g/mol. The van der Waals surface area contributed by atoms with E-state index < -0.39 is 16.5 Å². The summed E-state index contributed by atoms with van der Waals surface area (Å²) in [6.07, 6.45) is 0. The first-order chi connectivity index (χ1) is 12.2. The van der Waals surface area contributed by atoms with Crippen molar-refractivity contribution in [3.8, 4) is 0 Å². The highest BCUT2D eigenvalue weighted by Gasteiger charge is 2.37. The van der Waals surface area contributed by atoms with Gasteiger partial charge in [-0.15, -0.1) is 0 Å². The van der Waals surface area contributed by atoms with Crippen LogP contribution in [-0.2, 0) is 0 Å². The zero-order valence-electron chi connectivity index (χ0n) is 19.9. The molecule has 0 spiro atoms. The van der Waals surface area contributed by atoms with E-state index in [1.54, 1.807) is 43.8 Å². The number of hydrogen-bond donors (Lipinski definition) is 2. The topological polar surface area (TPSA) is 24.1 Å². The van der Waals surface area contributed by atoms with E-state index in [0.717, 1.165) is 6.67 Å². The summed E-state index contributed by atoms with van der Waals surface area (Å²) in [7, 11) is -3.35. The lowest BCUT2D eigenvalue weighted by atomic mass is 10.0. The Kier molecular flexibility index (Phi) is 6.38. The Morgan fingerprint density at radius 1 is 0.593 bits per heavy atom. The molecule has 0 aromatic heterocycles. The molecule has 2 unspecified atom stereocenters. The Labute approximate surface area is 170 Å². The summed E-state index contributed by atoms with van der Waals surface area (Å²) in [6, 6.07) is 0. The van der Waals surface area contributed by atoms with E-state index in [1.165, 1.54) is 0 Å². The van der Waals surface area contributed by atoms with Gasteiger partial charge in [0, 0.05) is 6.67 Å². The van der Waals surface area contributed by atoms with Crippen molar-refractivity contribution < 1.29 is 0 Å². The molecule has 0 amide bonds. The molecule has 0 fully saturated rings. The Balaban J connectivity index is 2.14. The maximum Gasteiger partial charge on any atom is 0.152 e. The minimum atomic E-state index is -1.68. The molecule has 4 heteroatoms. The molecular formula is C23H42N2Si2. The maximum absolute atomic E-state index is 3.97. The number of allylic oxidation sites excluding steroid dienone is 8. The van der Waals surface area contributed by atoms with E-state index in [2.05, 4.69) is 91.5 Å². The summed E-state index contributed by atoms with van der Waals surface area (Å²) >= 11 is 0. The van der Waals surface area contributed by atoms with Crippen LogP contribution >= 0.6 is 0 Å². The Morgan fingerprint density at radius 2 is 0.889 bits per heavy atom. The fraction of sp³-hybridized carbons (Fsp3) is 0.652. The predicted octanol–water partition coefficient (Wildman–Crippen LogP) is 6.22. The van der Waals surface area contributed by atoms with Crippen molar-refractivity contribution in [3.05, 3.63) is 43.8 Å². The fourth-order valence-electron chi connectivity index (χ4n) is 5.30. The largest absolute Gasteiger partial charge is 0.322 e. The van der Waals surface area contributed by atoms with Gasteiger partial charge in [-0.05, 0) is 63.8 Å². The van der Waals surface area contributed by atoms with Crippen LogP contribution in [0.4, 0.5) is 0 Å². The van der Waals surface area contributed by atoms with Crippen molar-refractivity contribution in [2.24, 2.45) is 11.8 Å². The molecule has 2 N–H and O–H groups in total. The summed E-state index contributed by atoms with van der Waals surface area (Å²) < 4.78 is 0. The molecule has 2 aliphatic carbocycles. The molecule has 0 aliphatic heterocycles. The molecule has 0 radical (unpaired) electrons.